The summed E-state index contributed by atoms with van der Waals surface area (Å²) in [5.74, 6) is 1.15. The third-order valence-electron chi connectivity index (χ3n) is 3.27. The fourth-order valence-electron chi connectivity index (χ4n) is 2.15. The van der Waals surface area contributed by atoms with Crippen molar-refractivity contribution in [1.82, 2.24) is 10.2 Å². The third-order valence-corrected chi connectivity index (χ3v) is 3.27. The van der Waals surface area contributed by atoms with E-state index < -0.39 is 0 Å². The first-order chi connectivity index (χ1) is 8.09. The standard InChI is InChI=1S/C13H28N4.HI/c1-11(2)10-16-13(14)15-7-9-17-8-5-4-6-12(17)3;/h11-12H,4-10H2,1-3H3,(H3,14,15,16);1H. The number of hydrogen-bond donors (Lipinski definition) is 2. The summed E-state index contributed by atoms with van der Waals surface area (Å²) in [6.45, 7) is 10.6. The normalized spacial score (nSPS) is 21.8. The summed E-state index contributed by atoms with van der Waals surface area (Å²) >= 11 is 0. The Morgan fingerprint density at radius 2 is 2.17 bits per heavy atom. The smallest absolute Gasteiger partial charge is 0.188 e. The summed E-state index contributed by atoms with van der Waals surface area (Å²) in [5.41, 5.74) is 5.79. The van der Waals surface area contributed by atoms with Crippen LogP contribution in [0.4, 0.5) is 0 Å². The molecular formula is C13H29IN4. The van der Waals surface area contributed by atoms with Crippen molar-refractivity contribution in [3.63, 3.8) is 0 Å². The van der Waals surface area contributed by atoms with Crippen LogP contribution in [0, 0.1) is 5.92 Å². The molecule has 1 aliphatic rings. The van der Waals surface area contributed by atoms with E-state index in [0.29, 0.717) is 11.9 Å². The molecule has 1 heterocycles. The van der Waals surface area contributed by atoms with Crippen molar-refractivity contribution in [3.8, 4) is 0 Å². The molecule has 1 saturated heterocycles. The minimum absolute atomic E-state index is 0. The number of nitrogens with two attached hydrogens (primary N) is 1. The number of hydrogen-bond acceptors (Lipinski definition) is 2. The molecule has 0 aliphatic carbocycles. The Hall–Kier alpha value is -0.0400. The Morgan fingerprint density at radius 3 is 2.78 bits per heavy atom. The minimum atomic E-state index is 0. The molecule has 0 spiro atoms. The van der Waals surface area contributed by atoms with Crippen molar-refractivity contribution in [1.29, 1.82) is 0 Å². The van der Waals surface area contributed by atoms with Gasteiger partial charge in [0.15, 0.2) is 5.96 Å². The Morgan fingerprint density at radius 1 is 1.44 bits per heavy atom. The molecule has 1 rings (SSSR count). The lowest BCUT2D eigenvalue weighted by Gasteiger charge is -2.33. The van der Waals surface area contributed by atoms with E-state index in [9.17, 15) is 0 Å². The van der Waals surface area contributed by atoms with Crippen LogP contribution < -0.4 is 11.1 Å². The molecule has 3 N–H and O–H groups in total. The number of nitrogens with one attached hydrogen (secondary N) is 1. The molecule has 1 fully saturated rings. The van der Waals surface area contributed by atoms with Gasteiger partial charge in [0.1, 0.15) is 0 Å². The van der Waals surface area contributed by atoms with E-state index in [-0.39, 0.29) is 24.0 Å². The number of rotatable bonds is 5. The lowest BCUT2D eigenvalue weighted by atomic mass is 10.0. The van der Waals surface area contributed by atoms with Gasteiger partial charge in [0, 0.05) is 25.7 Å². The largest absolute Gasteiger partial charge is 0.370 e. The van der Waals surface area contributed by atoms with E-state index >= 15 is 0 Å². The fraction of sp³-hybridized carbons (Fsp3) is 0.923. The molecule has 0 bridgehead atoms. The molecule has 0 aromatic carbocycles. The van der Waals surface area contributed by atoms with E-state index in [0.717, 1.165) is 25.7 Å². The molecular weight excluding hydrogens is 339 g/mol. The zero-order chi connectivity index (χ0) is 12.7. The average molecular weight is 368 g/mol. The quantitative estimate of drug-likeness (QED) is 0.444. The van der Waals surface area contributed by atoms with Gasteiger partial charge in [-0.2, -0.15) is 0 Å². The van der Waals surface area contributed by atoms with Crippen LogP contribution in [0.3, 0.4) is 0 Å². The van der Waals surface area contributed by atoms with Gasteiger partial charge >= 0.3 is 0 Å². The Balaban J connectivity index is 0.00000289. The number of nitrogens with zero attached hydrogens (tertiary/aromatic N) is 2. The molecule has 4 nitrogen and oxygen atoms in total. The highest BCUT2D eigenvalue weighted by atomic mass is 127. The van der Waals surface area contributed by atoms with Crippen LogP contribution in [0.5, 0.6) is 0 Å². The predicted octanol–water partition coefficient (Wildman–Crippen LogP) is 2.04. The van der Waals surface area contributed by atoms with Crippen molar-refractivity contribution < 1.29 is 0 Å². The zero-order valence-corrected chi connectivity index (χ0v) is 14.3. The summed E-state index contributed by atoms with van der Waals surface area (Å²) in [7, 11) is 0. The highest BCUT2D eigenvalue weighted by molar-refractivity contribution is 14.0. The lowest BCUT2D eigenvalue weighted by molar-refractivity contribution is 0.164. The van der Waals surface area contributed by atoms with Crippen LogP contribution >= 0.6 is 24.0 Å². The summed E-state index contributed by atoms with van der Waals surface area (Å²) < 4.78 is 0. The van der Waals surface area contributed by atoms with Crippen LogP contribution in [0.15, 0.2) is 4.99 Å². The SMILES string of the molecule is CC(C)CN=C(N)NCCN1CCCCC1C.I. The van der Waals surface area contributed by atoms with Crippen LogP contribution in [0.1, 0.15) is 40.0 Å². The molecule has 0 radical (unpaired) electrons. The summed E-state index contributed by atoms with van der Waals surface area (Å²) in [4.78, 5) is 6.82. The molecule has 18 heavy (non-hydrogen) atoms. The highest BCUT2D eigenvalue weighted by Crippen LogP contribution is 2.15. The van der Waals surface area contributed by atoms with E-state index in [2.05, 4.69) is 36.0 Å². The van der Waals surface area contributed by atoms with Gasteiger partial charge in [0.05, 0.1) is 0 Å². The Kier molecular flexibility index (Phi) is 9.81. The molecule has 0 aromatic heterocycles. The maximum atomic E-state index is 5.79. The van der Waals surface area contributed by atoms with Gasteiger partial charge in [0.2, 0.25) is 0 Å². The maximum Gasteiger partial charge on any atom is 0.188 e. The van der Waals surface area contributed by atoms with E-state index in [1.165, 1.54) is 25.8 Å². The van der Waals surface area contributed by atoms with Gasteiger partial charge < -0.3 is 11.1 Å². The summed E-state index contributed by atoms with van der Waals surface area (Å²) in [6, 6.07) is 0.722. The third kappa shape index (κ3) is 7.41. The van der Waals surface area contributed by atoms with Gasteiger partial charge in [-0.15, -0.1) is 24.0 Å². The summed E-state index contributed by atoms with van der Waals surface area (Å²) in [6.07, 6.45) is 4.04. The predicted molar refractivity (Wildman–Crippen MR) is 89.6 cm³/mol. The fourth-order valence-corrected chi connectivity index (χ4v) is 2.15. The molecule has 0 saturated carbocycles. The van der Waals surface area contributed by atoms with Gasteiger partial charge in [-0.1, -0.05) is 20.3 Å². The zero-order valence-electron chi connectivity index (χ0n) is 12.0. The number of guanidine groups is 1. The lowest BCUT2D eigenvalue weighted by Crippen LogP contribution is -2.43. The van der Waals surface area contributed by atoms with Crippen molar-refractivity contribution in [3.05, 3.63) is 0 Å². The minimum Gasteiger partial charge on any atom is -0.370 e. The van der Waals surface area contributed by atoms with Gasteiger partial charge in [-0.3, -0.25) is 9.89 Å². The van der Waals surface area contributed by atoms with Crippen molar-refractivity contribution in [2.24, 2.45) is 16.6 Å². The topological polar surface area (TPSA) is 53.6 Å². The highest BCUT2D eigenvalue weighted by Gasteiger charge is 2.17. The Bertz CT molecular complexity index is 243. The molecule has 1 aliphatic heterocycles. The first kappa shape index (κ1) is 18.0. The van der Waals surface area contributed by atoms with Crippen molar-refractivity contribution in [2.45, 2.75) is 46.1 Å². The van der Waals surface area contributed by atoms with E-state index in [1.54, 1.807) is 0 Å². The number of piperidine rings is 1. The molecule has 1 atom stereocenters. The maximum absolute atomic E-state index is 5.79. The first-order valence-corrected chi connectivity index (χ1v) is 6.87. The molecule has 1 unspecified atom stereocenters. The first-order valence-electron chi connectivity index (χ1n) is 6.87. The van der Waals surface area contributed by atoms with Gasteiger partial charge in [-0.25, -0.2) is 0 Å². The number of aliphatic imine (C=N–C) groups is 1. The molecule has 108 valence electrons. The molecule has 0 aromatic rings. The van der Waals surface area contributed by atoms with Crippen molar-refractivity contribution in [2.75, 3.05) is 26.2 Å². The van der Waals surface area contributed by atoms with E-state index in [4.69, 9.17) is 5.73 Å². The number of halogens is 1. The van der Waals surface area contributed by atoms with Gasteiger partial charge in [-0.05, 0) is 32.2 Å². The monoisotopic (exact) mass is 368 g/mol. The van der Waals surface area contributed by atoms with Crippen molar-refractivity contribution >= 4 is 29.9 Å². The Labute approximate surface area is 129 Å². The van der Waals surface area contributed by atoms with E-state index in [1.807, 2.05) is 0 Å². The van der Waals surface area contributed by atoms with Crippen LogP contribution in [0.2, 0.25) is 0 Å². The van der Waals surface area contributed by atoms with Gasteiger partial charge in [0.25, 0.3) is 0 Å². The van der Waals surface area contributed by atoms with Crippen LogP contribution in [-0.2, 0) is 0 Å². The molecule has 0 amide bonds. The second kappa shape index (κ2) is 9.83. The second-order valence-electron chi connectivity index (χ2n) is 5.43. The summed E-state index contributed by atoms with van der Waals surface area (Å²) in [5, 5.41) is 3.19. The second-order valence-corrected chi connectivity index (χ2v) is 5.43. The van der Waals surface area contributed by atoms with Crippen LogP contribution in [0.25, 0.3) is 0 Å². The average Bonchev–Trinajstić information content (AvgIpc) is 2.29. The molecule has 5 heteroatoms. The van der Waals surface area contributed by atoms with Crippen LogP contribution in [-0.4, -0.2) is 43.1 Å². The number of likely N-dealkylation sites (tertiary alicyclic amines) is 1.